The summed E-state index contributed by atoms with van der Waals surface area (Å²) in [5, 5.41) is 35.2. The first-order valence-electron chi connectivity index (χ1n) is 13.0. The predicted molar refractivity (Wildman–Crippen MR) is 152 cm³/mol. The van der Waals surface area contributed by atoms with E-state index in [1.165, 1.54) is 6.07 Å². The van der Waals surface area contributed by atoms with Gasteiger partial charge in [0.15, 0.2) is 11.8 Å². The van der Waals surface area contributed by atoms with E-state index in [4.69, 9.17) is 11.6 Å². The van der Waals surface area contributed by atoms with E-state index in [2.05, 4.69) is 15.2 Å². The summed E-state index contributed by atoms with van der Waals surface area (Å²) in [6.45, 7) is -0.352. The molecule has 4 aromatic rings. The summed E-state index contributed by atoms with van der Waals surface area (Å²) in [4.78, 5) is 36.4. The number of amides is 1. The predicted octanol–water partition coefficient (Wildman–Crippen LogP) is 5.03. The zero-order chi connectivity index (χ0) is 32.0. The Labute approximate surface area is 253 Å². The number of aliphatic hydroxyl groups is 1. The lowest BCUT2D eigenvalue weighted by Crippen LogP contribution is -2.40. The van der Waals surface area contributed by atoms with Crippen molar-refractivity contribution in [3.8, 4) is 16.9 Å². The van der Waals surface area contributed by atoms with Gasteiger partial charge in [-0.1, -0.05) is 72.3 Å². The van der Waals surface area contributed by atoms with Crippen LogP contribution < -0.4 is 10.1 Å². The van der Waals surface area contributed by atoms with E-state index in [0.29, 0.717) is 0 Å². The van der Waals surface area contributed by atoms with Crippen molar-refractivity contribution < 1.29 is 47.6 Å². The van der Waals surface area contributed by atoms with E-state index in [1.54, 1.807) is 12.1 Å². The minimum atomic E-state index is -5.01. The lowest BCUT2D eigenvalue weighted by atomic mass is 9.97. The molecule has 0 aliphatic carbocycles. The molecule has 1 aromatic heterocycles. The minimum absolute atomic E-state index is 0.129. The van der Waals surface area contributed by atoms with Crippen LogP contribution in [0.4, 0.5) is 13.2 Å². The maximum Gasteiger partial charge on any atom is 0.573 e. The number of nitrogens with one attached hydrogen (secondary N) is 1. The summed E-state index contributed by atoms with van der Waals surface area (Å²) < 4.78 is 43.0. The van der Waals surface area contributed by atoms with Crippen LogP contribution in [0.25, 0.3) is 11.1 Å². The van der Waals surface area contributed by atoms with Gasteiger partial charge in [0.05, 0.1) is 11.6 Å². The number of nitrogens with zero attached hydrogens (tertiary/aromatic N) is 2. The van der Waals surface area contributed by atoms with Crippen LogP contribution in [-0.4, -0.2) is 61.5 Å². The Morgan fingerprint density at radius 3 is 2.18 bits per heavy atom. The Morgan fingerprint density at radius 2 is 1.57 bits per heavy atom. The average Bonchev–Trinajstić information content (AvgIpc) is 3.39. The van der Waals surface area contributed by atoms with Crippen molar-refractivity contribution in [3.05, 3.63) is 106 Å². The van der Waals surface area contributed by atoms with Gasteiger partial charge in [0.25, 0.3) is 5.91 Å². The van der Waals surface area contributed by atoms with Gasteiger partial charge in [-0.05, 0) is 40.8 Å². The summed E-state index contributed by atoms with van der Waals surface area (Å²) in [7, 11) is 0. The number of aromatic carboxylic acids is 1. The van der Waals surface area contributed by atoms with Gasteiger partial charge in [-0.3, -0.25) is 9.48 Å². The van der Waals surface area contributed by atoms with Gasteiger partial charge in [-0.2, -0.15) is 5.10 Å². The van der Waals surface area contributed by atoms with Gasteiger partial charge >= 0.3 is 18.3 Å². The fourth-order valence-corrected chi connectivity index (χ4v) is 4.57. The zero-order valence-electron chi connectivity index (χ0n) is 22.7. The fourth-order valence-electron chi connectivity index (χ4n) is 4.41. The topological polar surface area (TPSA) is 151 Å². The van der Waals surface area contributed by atoms with Gasteiger partial charge in [0.2, 0.25) is 0 Å². The van der Waals surface area contributed by atoms with Crippen LogP contribution in [0.2, 0.25) is 5.02 Å². The van der Waals surface area contributed by atoms with Crippen LogP contribution in [0, 0.1) is 0 Å². The molecular weight excluding hydrogens is 607 g/mol. The van der Waals surface area contributed by atoms with Crippen molar-refractivity contribution in [1.82, 2.24) is 15.1 Å². The summed E-state index contributed by atoms with van der Waals surface area (Å²) in [5.74, 6) is -4.51. The number of halogens is 4. The number of carboxylic acid groups (broad SMARTS) is 2. The largest absolute Gasteiger partial charge is 0.573 e. The molecule has 4 N–H and O–H groups in total. The number of alkyl halides is 3. The second-order valence-electron chi connectivity index (χ2n) is 9.72. The lowest BCUT2D eigenvalue weighted by molar-refractivity contribution is -0.274. The molecule has 44 heavy (non-hydrogen) atoms. The fraction of sp³-hybridized carbons (Fsp3) is 0.200. The Morgan fingerprint density at radius 1 is 0.932 bits per heavy atom. The van der Waals surface area contributed by atoms with E-state index >= 15 is 0 Å². The van der Waals surface area contributed by atoms with Gasteiger partial charge in [-0.25, -0.2) is 9.59 Å². The number of hydrogen-bond donors (Lipinski definition) is 4. The van der Waals surface area contributed by atoms with E-state index < -0.39 is 47.8 Å². The molecule has 0 radical (unpaired) electrons. The third kappa shape index (κ3) is 8.58. The van der Waals surface area contributed by atoms with E-state index in [-0.39, 0.29) is 35.7 Å². The third-order valence-electron chi connectivity index (χ3n) is 6.46. The number of carbonyl (C=O) groups is 3. The van der Waals surface area contributed by atoms with Crippen molar-refractivity contribution in [2.24, 2.45) is 0 Å². The molecule has 2 atom stereocenters. The number of aromatic nitrogens is 2. The molecule has 0 spiro atoms. The van der Waals surface area contributed by atoms with E-state index in [0.717, 1.165) is 39.6 Å². The Kier molecular flexibility index (Phi) is 9.91. The third-order valence-corrected chi connectivity index (χ3v) is 6.77. The maximum atomic E-state index is 13.2. The van der Waals surface area contributed by atoms with E-state index in [1.807, 2.05) is 42.5 Å². The minimum Gasteiger partial charge on any atom is -0.479 e. The second-order valence-corrected chi connectivity index (χ2v) is 10.1. The monoisotopic (exact) mass is 631 g/mol. The first kappa shape index (κ1) is 32.0. The molecule has 4 rings (SSSR count). The van der Waals surface area contributed by atoms with Crippen LogP contribution in [-0.2, 0) is 17.8 Å². The van der Waals surface area contributed by atoms with Crippen molar-refractivity contribution in [3.63, 3.8) is 0 Å². The van der Waals surface area contributed by atoms with Gasteiger partial charge < -0.3 is 25.4 Å². The normalized spacial score (nSPS) is 12.8. The SMILES string of the molecule is O=C(NC(Cc1ccc(-c2ccccc2)cc1)C[C@@H](O)C(=O)O)c1cc(C(=O)O)n(Cc2ccc(Cl)c(OC(F)(F)F)c2)n1. The highest BCUT2D eigenvalue weighted by atomic mass is 35.5. The number of aliphatic hydroxyl groups excluding tert-OH is 1. The maximum absolute atomic E-state index is 13.2. The molecular formula is C30H25ClF3N3O7. The number of rotatable bonds is 12. The first-order valence-corrected chi connectivity index (χ1v) is 13.4. The molecule has 0 saturated carbocycles. The van der Waals surface area contributed by atoms with Gasteiger partial charge in [0.1, 0.15) is 11.4 Å². The number of aliphatic carboxylic acids is 1. The lowest BCUT2D eigenvalue weighted by Gasteiger charge is -2.20. The average molecular weight is 632 g/mol. The van der Waals surface area contributed by atoms with Crippen molar-refractivity contribution >= 4 is 29.4 Å². The number of ether oxygens (including phenoxy) is 1. The Balaban J connectivity index is 1.54. The molecule has 1 amide bonds. The van der Waals surface area contributed by atoms with Crippen LogP contribution in [0.15, 0.2) is 78.9 Å². The smallest absolute Gasteiger partial charge is 0.479 e. The molecule has 0 fully saturated rings. The summed E-state index contributed by atoms with van der Waals surface area (Å²) in [6, 6.07) is 20.4. The van der Waals surface area contributed by atoms with Crippen molar-refractivity contribution in [1.29, 1.82) is 0 Å². The number of carbonyl (C=O) groups excluding carboxylic acids is 1. The molecule has 1 unspecified atom stereocenters. The van der Waals surface area contributed by atoms with Crippen LogP contribution in [0.1, 0.15) is 38.5 Å². The van der Waals surface area contributed by atoms with Crippen LogP contribution in [0.3, 0.4) is 0 Å². The van der Waals surface area contributed by atoms with Gasteiger partial charge in [-0.15, -0.1) is 13.2 Å². The molecule has 0 saturated heterocycles. The number of hydrogen-bond acceptors (Lipinski definition) is 6. The number of carboxylic acids is 2. The molecule has 3 aromatic carbocycles. The molecule has 0 bridgehead atoms. The van der Waals surface area contributed by atoms with E-state index in [9.17, 15) is 42.9 Å². The molecule has 1 heterocycles. The Bertz CT molecular complexity index is 1640. The zero-order valence-corrected chi connectivity index (χ0v) is 23.4. The summed E-state index contributed by atoms with van der Waals surface area (Å²) >= 11 is 5.78. The molecule has 14 heteroatoms. The Hall–Kier alpha value is -4.88. The standard InChI is InChI=1S/C30H25ClF3N3O7/c31-22-11-8-18(13-26(22)44-30(32,33)34)16-37-24(28(40)41)15-23(36-37)27(39)35-21(14-25(38)29(42)43)12-17-6-9-20(10-7-17)19-4-2-1-3-5-19/h1-11,13,15,21,25,38H,12,14,16H2,(H,35,39)(H,40,41)(H,42,43)/t21?,25-/m1/s1. The van der Waals surface area contributed by atoms with Crippen molar-refractivity contribution in [2.75, 3.05) is 0 Å². The van der Waals surface area contributed by atoms with Crippen LogP contribution >= 0.6 is 11.6 Å². The highest BCUT2D eigenvalue weighted by Crippen LogP contribution is 2.31. The summed E-state index contributed by atoms with van der Waals surface area (Å²) in [5.41, 5.74) is 2.00. The molecule has 230 valence electrons. The molecule has 0 aliphatic heterocycles. The van der Waals surface area contributed by atoms with Crippen LogP contribution in [0.5, 0.6) is 5.75 Å². The molecule has 10 nitrogen and oxygen atoms in total. The van der Waals surface area contributed by atoms with Gasteiger partial charge in [0, 0.05) is 18.5 Å². The number of benzene rings is 3. The highest BCUT2D eigenvalue weighted by Gasteiger charge is 2.32. The second kappa shape index (κ2) is 13.6. The summed E-state index contributed by atoms with van der Waals surface area (Å²) in [6.07, 6.45) is -7.04. The first-order chi connectivity index (χ1) is 20.8. The highest BCUT2D eigenvalue weighted by molar-refractivity contribution is 6.32. The van der Waals surface area contributed by atoms with Crippen molar-refractivity contribution in [2.45, 2.75) is 37.9 Å². The quantitative estimate of drug-likeness (QED) is 0.170. The molecule has 0 aliphatic rings.